The van der Waals surface area contributed by atoms with Crippen LogP contribution in [0.2, 0.25) is 0 Å². The summed E-state index contributed by atoms with van der Waals surface area (Å²) in [6.45, 7) is 2.48. The van der Waals surface area contributed by atoms with E-state index in [0.717, 1.165) is 25.7 Å². The summed E-state index contributed by atoms with van der Waals surface area (Å²) in [4.78, 5) is 0. The third-order valence-corrected chi connectivity index (χ3v) is 2.10. The van der Waals surface area contributed by atoms with E-state index in [9.17, 15) is 0 Å². The highest BCUT2D eigenvalue weighted by Crippen LogP contribution is 2.00. The Balaban J connectivity index is 3.28. The minimum atomic E-state index is 0.269. The molecular formula is C14H22O. The Bertz CT molecular complexity index is 234. The van der Waals surface area contributed by atoms with Gasteiger partial charge in [-0.25, -0.2) is 0 Å². The minimum absolute atomic E-state index is 0.269. The van der Waals surface area contributed by atoms with Gasteiger partial charge in [0.25, 0.3) is 0 Å². The van der Waals surface area contributed by atoms with Gasteiger partial charge in [-0.05, 0) is 31.1 Å². The Morgan fingerprint density at radius 1 is 0.800 bits per heavy atom. The van der Waals surface area contributed by atoms with Gasteiger partial charge in [0.1, 0.15) is 0 Å². The molecule has 0 rings (SSSR count). The van der Waals surface area contributed by atoms with Gasteiger partial charge in [-0.2, -0.15) is 0 Å². The van der Waals surface area contributed by atoms with Crippen molar-refractivity contribution < 1.29 is 5.11 Å². The second kappa shape index (κ2) is 13.1. The van der Waals surface area contributed by atoms with Gasteiger partial charge in [-0.1, -0.05) is 38.0 Å². The second-order valence-electron chi connectivity index (χ2n) is 3.59. The number of hydrogen-bond donors (Lipinski definition) is 1. The summed E-state index contributed by atoms with van der Waals surface area (Å²) in [5, 5.41) is 8.53. The zero-order chi connectivity index (χ0) is 11.2. The fourth-order valence-electron chi connectivity index (χ4n) is 1.18. The SMILES string of the molecule is CCCCCCC#CC#CCCCCO. The largest absolute Gasteiger partial charge is 0.396 e. The highest BCUT2D eigenvalue weighted by molar-refractivity contribution is 5.25. The van der Waals surface area contributed by atoms with Gasteiger partial charge < -0.3 is 5.11 Å². The lowest BCUT2D eigenvalue weighted by Crippen LogP contribution is -1.80. The molecule has 1 nitrogen and oxygen atoms in total. The van der Waals surface area contributed by atoms with Gasteiger partial charge in [0, 0.05) is 19.4 Å². The predicted octanol–water partition coefficient (Wildman–Crippen LogP) is 3.13. The normalized spacial score (nSPS) is 8.67. The molecule has 0 spiro atoms. The van der Waals surface area contributed by atoms with Crippen molar-refractivity contribution in [1.29, 1.82) is 0 Å². The van der Waals surface area contributed by atoms with Crippen molar-refractivity contribution in [1.82, 2.24) is 0 Å². The molecule has 0 fully saturated rings. The smallest absolute Gasteiger partial charge is 0.0431 e. The van der Waals surface area contributed by atoms with Crippen molar-refractivity contribution in [2.75, 3.05) is 6.61 Å². The van der Waals surface area contributed by atoms with Crippen LogP contribution in [0.4, 0.5) is 0 Å². The van der Waals surface area contributed by atoms with Gasteiger partial charge in [-0.3, -0.25) is 0 Å². The van der Waals surface area contributed by atoms with Crippen molar-refractivity contribution in [3.63, 3.8) is 0 Å². The molecule has 0 heterocycles. The summed E-state index contributed by atoms with van der Waals surface area (Å²) in [6, 6.07) is 0. The summed E-state index contributed by atoms with van der Waals surface area (Å²) in [5.41, 5.74) is 0. The van der Waals surface area contributed by atoms with Crippen LogP contribution in [0.5, 0.6) is 0 Å². The summed E-state index contributed by atoms with van der Waals surface area (Å²) < 4.78 is 0. The number of unbranched alkanes of at least 4 members (excludes halogenated alkanes) is 6. The van der Waals surface area contributed by atoms with E-state index in [1.807, 2.05) is 0 Å². The first-order valence-electron chi connectivity index (χ1n) is 5.98. The number of aliphatic hydroxyl groups is 1. The molecule has 0 atom stereocenters. The molecule has 0 radical (unpaired) electrons. The topological polar surface area (TPSA) is 20.2 Å². The van der Waals surface area contributed by atoms with Crippen LogP contribution in [-0.2, 0) is 0 Å². The van der Waals surface area contributed by atoms with E-state index in [2.05, 4.69) is 30.6 Å². The number of hydrogen-bond acceptors (Lipinski definition) is 1. The van der Waals surface area contributed by atoms with E-state index < -0.39 is 0 Å². The molecule has 0 saturated heterocycles. The molecule has 0 aromatic carbocycles. The third-order valence-electron chi connectivity index (χ3n) is 2.10. The lowest BCUT2D eigenvalue weighted by atomic mass is 10.2. The van der Waals surface area contributed by atoms with Gasteiger partial charge >= 0.3 is 0 Å². The quantitative estimate of drug-likeness (QED) is 0.501. The first-order valence-corrected chi connectivity index (χ1v) is 5.98. The monoisotopic (exact) mass is 206 g/mol. The Morgan fingerprint density at radius 3 is 1.93 bits per heavy atom. The van der Waals surface area contributed by atoms with Gasteiger partial charge in [0.05, 0.1) is 0 Å². The van der Waals surface area contributed by atoms with Crippen molar-refractivity contribution in [3.8, 4) is 23.7 Å². The van der Waals surface area contributed by atoms with Crippen molar-refractivity contribution >= 4 is 0 Å². The van der Waals surface area contributed by atoms with Crippen LogP contribution in [0.25, 0.3) is 0 Å². The predicted molar refractivity (Wildman–Crippen MR) is 65.2 cm³/mol. The summed E-state index contributed by atoms with van der Waals surface area (Å²) in [7, 11) is 0. The van der Waals surface area contributed by atoms with E-state index in [1.165, 1.54) is 25.7 Å². The average Bonchev–Trinajstić information content (AvgIpc) is 2.26. The Labute approximate surface area is 94.3 Å². The van der Waals surface area contributed by atoms with Crippen LogP contribution in [0.15, 0.2) is 0 Å². The molecular weight excluding hydrogens is 184 g/mol. The third kappa shape index (κ3) is 13.1. The van der Waals surface area contributed by atoms with Crippen LogP contribution in [0, 0.1) is 23.7 Å². The Hall–Kier alpha value is -0.920. The molecule has 84 valence electrons. The molecule has 0 amide bonds. The number of aliphatic hydroxyl groups excluding tert-OH is 1. The second-order valence-corrected chi connectivity index (χ2v) is 3.59. The average molecular weight is 206 g/mol. The molecule has 0 saturated carbocycles. The molecule has 0 unspecified atom stereocenters. The Morgan fingerprint density at radius 2 is 1.40 bits per heavy atom. The van der Waals surface area contributed by atoms with Crippen molar-refractivity contribution in [2.45, 2.75) is 58.3 Å². The lowest BCUT2D eigenvalue weighted by Gasteiger charge is -1.90. The fraction of sp³-hybridized carbons (Fsp3) is 0.714. The molecule has 0 aromatic heterocycles. The Kier molecular flexibility index (Phi) is 12.3. The molecule has 1 N–H and O–H groups in total. The van der Waals surface area contributed by atoms with Crippen LogP contribution in [0.3, 0.4) is 0 Å². The van der Waals surface area contributed by atoms with Crippen LogP contribution in [0.1, 0.15) is 58.3 Å². The van der Waals surface area contributed by atoms with E-state index in [-0.39, 0.29) is 6.61 Å². The number of rotatable bonds is 7. The molecule has 0 aliphatic heterocycles. The zero-order valence-electron chi connectivity index (χ0n) is 9.81. The zero-order valence-corrected chi connectivity index (χ0v) is 9.81. The van der Waals surface area contributed by atoms with Crippen LogP contribution < -0.4 is 0 Å². The maximum absolute atomic E-state index is 8.53. The maximum atomic E-state index is 8.53. The lowest BCUT2D eigenvalue weighted by molar-refractivity contribution is 0.285. The molecule has 1 heteroatoms. The van der Waals surface area contributed by atoms with Crippen LogP contribution in [-0.4, -0.2) is 11.7 Å². The summed E-state index contributed by atoms with van der Waals surface area (Å²) >= 11 is 0. The minimum Gasteiger partial charge on any atom is -0.396 e. The highest BCUT2D eigenvalue weighted by Gasteiger charge is 1.83. The highest BCUT2D eigenvalue weighted by atomic mass is 16.2. The molecule has 0 bridgehead atoms. The van der Waals surface area contributed by atoms with Crippen molar-refractivity contribution in [2.24, 2.45) is 0 Å². The fourth-order valence-corrected chi connectivity index (χ4v) is 1.18. The van der Waals surface area contributed by atoms with Gasteiger partial charge in [0.15, 0.2) is 0 Å². The molecule has 0 aromatic rings. The van der Waals surface area contributed by atoms with E-state index in [1.54, 1.807) is 0 Å². The van der Waals surface area contributed by atoms with E-state index in [0.29, 0.717) is 0 Å². The maximum Gasteiger partial charge on any atom is 0.0431 e. The van der Waals surface area contributed by atoms with Crippen molar-refractivity contribution in [3.05, 3.63) is 0 Å². The first-order chi connectivity index (χ1) is 7.41. The molecule has 0 aliphatic carbocycles. The molecule has 15 heavy (non-hydrogen) atoms. The van der Waals surface area contributed by atoms with Gasteiger partial charge in [0.2, 0.25) is 0 Å². The standard InChI is InChI=1S/C14H22O/c1-2-3-4-5-6-7-8-9-10-11-12-13-14-15/h15H,2-6,11-14H2,1H3. The summed E-state index contributed by atoms with van der Waals surface area (Å²) in [5.74, 6) is 11.8. The first kappa shape index (κ1) is 14.1. The van der Waals surface area contributed by atoms with Gasteiger partial charge in [-0.15, -0.1) is 0 Å². The summed E-state index contributed by atoms with van der Waals surface area (Å²) in [6.07, 6.45) is 8.73. The van der Waals surface area contributed by atoms with E-state index in [4.69, 9.17) is 5.11 Å². The van der Waals surface area contributed by atoms with E-state index >= 15 is 0 Å². The van der Waals surface area contributed by atoms with Crippen LogP contribution >= 0.6 is 0 Å². The molecule has 0 aliphatic rings.